The fourth-order valence-electron chi connectivity index (χ4n) is 3.70. The van der Waals surface area contributed by atoms with Gasteiger partial charge in [-0.2, -0.15) is 11.3 Å². The summed E-state index contributed by atoms with van der Waals surface area (Å²) in [5.74, 6) is 0.377. The molecule has 0 bridgehead atoms. The summed E-state index contributed by atoms with van der Waals surface area (Å²) in [4.78, 5) is 5.01. The Morgan fingerprint density at radius 3 is 2.71 bits per heavy atom. The van der Waals surface area contributed by atoms with Crippen LogP contribution in [-0.2, 0) is 0 Å². The fourth-order valence-corrected chi connectivity index (χ4v) is 4.38. The first-order valence-electron chi connectivity index (χ1n) is 8.52. The van der Waals surface area contributed by atoms with Gasteiger partial charge in [0.25, 0.3) is 0 Å². The van der Waals surface area contributed by atoms with Crippen molar-refractivity contribution < 1.29 is 5.11 Å². The maximum Gasteiger partial charge on any atom is 0.120 e. The van der Waals surface area contributed by atoms with E-state index in [1.54, 1.807) is 17.4 Å². The summed E-state index contributed by atoms with van der Waals surface area (Å²) >= 11 is 1.71. The summed E-state index contributed by atoms with van der Waals surface area (Å²) in [6.45, 7) is 11.4. The molecule has 1 aromatic heterocycles. The molecule has 0 saturated carbocycles. The van der Waals surface area contributed by atoms with Crippen LogP contribution >= 0.6 is 11.3 Å². The molecule has 128 valence electrons. The van der Waals surface area contributed by atoms with Gasteiger partial charge in [-0.05, 0) is 42.3 Å². The average molecular weight is 343 g/mol. The second-order valence-electron chi connectivity index (χ2n) is 6.66. The van der Waals surface area contributed by atoms with Crippen molar-refractivity contribution >= 4 is 11.3 Å². The van der Waals surface area contributed by atoms with Gasteiger partial charge < -0.3 is 5.11 Å². The Morgan fingerprint density at radius 1 is 1.25 bits per heavy atom. The topological polar surface area (TPSA) is 26.7 Å². The predicted octanol–water partition coefficient (Wildman–Crippen LogP) is 4.12. The predicted molar refractivity (Wildman–Crippen MR) is 102 cm³/mol. The lowest BCUT2D eigenvalue weighted by Gasteiger charge is -2.47. The minimum Gasteiger partial charge on any atom is -0.508 e. The van der Waals surface area contributed by atoms with Crippen molar-refractivity contribution in [2.24, 2.45) is 0 Å². The summed E-state index contributed by atoms with van der Waals surface area (Å²) in [6.07, 6.45) is 1.98. The number of hydrogen-bond donors (Lipinski definition) is 1. The summed E-state index contributed by atoms with van der Waals surface area (Å²) in [5, 5.41) is 14.8. The molecule has 3 atom stereocenters. The molecule has 0 spiro atoms. The molecular formula is C20H26N2OS. The van der Waals surface area contributed by atoms with Gasteiger partial charge >= 0.3 is 0 Å². The summed E-state index contributed by atoms with van der Waals surface area (Å²) in [7, 11) is 0. The van der Waals surface area contributed by atoms with E-state index < -0.39 is 0 Å². The van der Waals surface area contributed by atoms with Crippen LogP contribution in [0.5, 0.6) is 5.75 Å². The van der Waals surface area contributed by atoms with Crippen LogP contribution in [0.4, 0.5) is 0 Å². The first-order valence-corrected chi connectivity index (χ1v) is 9.46. The molecule has 1 aliphatic rings. The second-order valence-corrected chi connectivity index (χ2v) is 7.44. The molecule has 0 aliphatic carbocycles. The highest BCUT2D eigenvalue weighted by atomic mass is 32.1. The molecule has 0 radical (unpaired) electrons. The fraction of sp³-hybridized carbons (Fsp3) is 0.400. The molecule has 1 saturated heterocycles. The Balaban J connectivity index is 1.95. The number of phenols is 1. The zero-order valence-corrected chi connectivity index (χ0v) is 15.2. The zero-order chi connectivity index (χ0) is 17.1. The van der Waals surface area contributed by atoms with Crippen molar-refractivity contribution in [3.63, 3.8) is 0 Å². The number of nitrogens with zero attached hydrogens (tertiary/aromatic N) is 2. The van der Waals surface area contributed by atoms with Crippen molar-refractivity contribution in [3.05, 3.63) is 64.9 Å². The lowest BCUT2D eigenvalue weighted by molar-refractivity contribution is 0.0302. The molecule has 1 aliphatic heterocycles. The van der Waals surface area contributed by atoms with Gasteiger partial charge in [0.2, 0.25) is 0 Å². The SMILES string of the molecule is C=CCN1C[C@@H](C)N([C@@H](c2ccsc2)c2ccccc2O)C[C@@H]1C. The van der Waals surface area contributed by atoms with E-state index in [9.17, 15) is 5.11 Å². The minimum atomic E-state index is 0.0979. The molecule has 2 aromatic rings. The number of para-hydroxylation sites is 1. The van der Waals surface area contributed by atoms with E-state index in [1.165, 1.54) is 5.56 Å². The van der Waals surface area contributed by atoms with Crippen molar-refractivity contribution in [3.8, 4) is 5.75 Å². The molecule has 0 amide bonds. The number of thiophene rings is 1. The molecule has 24 heavy (non-hydrogen) atoms. The van der Waals surface area contributed by atoms with E-state index in [-0.39, 0.29) is 6.04 Å². The van der Waals surface area contributed by atoms with Gasteiger partial charge in [0, 0.05) is 37.3 Å². The Kier molecular flexibility index (Phi) is 5.39. The van der Waals surface area contributed by atoms with Crippen LogP contribution in [0.3, 0.4) is 0 Å². The van der Waals surface area contributed by atoms with Gasteiger partial charge in [-0.15, -0.1) is 6.58 Å². The lowest BCUT2D eigenvalue weighted by Crippen LogP contribution is -2.57. The molecule has 1 N–H and O–H groups in total. The standard InChI is InChI=1S/C20H26N2OS/c1-4-10-21-12-16(3)22(13-15(21)2)20(17-9-11-24-14-17)18-7-5-6-8-19(18)23/h4-9,11,14-16,20,23H,1,10,12-13H2,2-3H3/t15-,16+,20-/m0/s1. The van der Waals surface area contributed by atoms with Crippen LogP contribution in [0.1, 0.15) is 31.0 Å². The Hall–Kier alpha value is -1.62. The van der Waals surface area contributed by atoms with Crippen molar-refractivity contribution in [2.75, 3.05) is 19.6 Å². The zero-order valence-electron chi connectivity index (χ0n) is 14.4. The Morgan fingerprint density at radius 2 is 2.04 bits per heavy atom. The van der Waals surface area contributed by atoms with Gasteiger partial charge in [-0.25, -0.2) is 0 Å². The van der Waals surface area contributed by atoms with E-state index in [1.807, 2.05) is 24.3 Å². The number of phenolic OH excluding ortho intramolecular Hbond substituents is 1. The van der Waals surface area contributed by atoms with Crippen LogP contribution in [-0.4, -0.2) is 46.6 Å². The molecule has 2 heterocycles. The number of benzene rings is 1. The Labute approximate surface area is 148 Å². The molecule has 4 heteroatoms. The highest BCUT2D eigenvalue weighted by molar-refractivity contribution is 7.08. The van der Waals surface area contributed by atoms with Gasteiger partial charge in [0.05, 0.1) is 6.04 Å². The normalized spacial score (nSPS) is 23.9. The number of aromatic hydroxyl groups is 1. The number of hydrogen-bond acceptors (Lipinski definition) is 4. The van der Waals surface area contributed by atoms with E-state index in [0.29, 0.717) is 17.8 Å². The maximum atomic E-state index is 10.5. The second kappa shape index (κ2) is 7.51. The third kappa shape index (κ3) is 3.41. The summed E-state index contributed by atoms with van der Waals surface area (Å²) in [5.41, 5.74) is 2.25. The minimum absolute atomic E-state index is 0.0979. The highest BCUT2D eigenvalue weighted by Crippen LogP contribution is 2.37. The number of rotatable bonds is 5. The lowest BCUT2D eigenvalue weighted by atomic mass is 9.94. The van der Waals surface area contributed by atoms with E-state index in [0.717, 1.165) is 25.2 Å². The first kappa shape index (κ1) is 17.2. The molecular weight excluding hydrogens is 316 g/mol. The highest BCUT2D eigenvalue weighted by Gasteiger charge is 2.35. The van der Waals surface area contributed by atoms with Gasteiger partial charge in [0.15, 0.2) is 0 Å². The molecule has 1 aromatic carbocycles. The maximum absolute atomic E-state index is 10.5. The number of piperazine rings is 1. The van der Waals surface area contributed by atoms with Crippen molar-refractivity contribution in [1.29, 1.82) is 0 Å². The Bertz CT molecular complexity index is 670. The van der Waals surface area contributed by atoms with Crippen LogP contribution < -0.4 is 0 Å². The van der Waals surface area contributed by atoms with Crippen LogP contribution in [0, 0.1) is 0 Å². The summed E-state index contributed by atoms with van der Waals surface area (Å²) < 4.78 is 0. The van der Waals surface area contributed by atoms with E-state index >= 15 is 0 Å². The van der Waals surface area contributed by atoms with E-state index in [2.05, 4.69) is 47.1 Å². The van der Waals surface area contributed by atoms with Gasteiger partial charge in [-0.1, -0.05) is 24.3 Å². The molecule has 1 fully saturated rings. The van der Waals surface area contributed by atoms with Gasteiger partial charge in [0.1, 0.15) is 5.75 Å². The first-order chi connectivity index (χ1) is 11.6. The molecule has 3 nitrogen and oxygen atoms in total. The third-order valence-electron chi connectivity index (χ3n) is 4.95. The van der Waals surface area contributed by atoms with Crippen molar-refractivity contribution in [1.82, 2.24) is 9.80 Å². The van der Waals surface area contributed by atoms with Crippen LogP contribution in [0.2, 0.25) is 0 Å². The third-order valence-corrected chi connectivity index (χ3v) is 5.65. The largest absolute Gasteiger partial charge is 0.508 e. The average Bonchev–Trinajstić information content (AvgIpc) is 3.08. The van der Waals surface area contributed by atoms with E-state index in [4.69, 9.17) is 0 Å². The molecule has 0 unspecified atom stereocenters. The monoisotopic (exact) mass is 342 g/mol. The van der Waals surface area contributed by atoms with Crippen LogP contribution in [0.25, 0.3) is 0 Å². The quantitative estimate of drug-likeness (QED) is 0.828. The van der Waals surface area contributed by atoms with Crippen LogP contribution in [0.15, 0.2) is 53.7 Å². The smallest absolute Gasteiger partial charge is 0.120 e. The molecule has 3 rings (SSSR count). The van der Waals surface area contributed by atoms with Crippen molar-refractivity contribution in [2.45, 2.75) is 32.0 Å². The van der Waals surface area contributed by atoms with Gasteiger partial charge in [-0.3, -0.25) is 9.80 Å². The summed E-state index contributed by atoms with van der Waals surface area (Å²) in [6, 6.07) is 10.9.